The van der Waals surface area contributed by atoms with E-state index in [2.05, 4.69) is 358 Å². The maximum Gasteiger partial charge on any atom is 0.144 e. The molecule has 8 aliphatic carbocycles. The first kappa shape index (κ1) is 62.4. The van der Waals surface area contributed by atoms with Gasteiger partial charge in [0.2, 0.25) is 0 Å². The van der Waals surface area contributed by atoms with Gasteiger partial charge >= 0.3 is 0 Å². The summed E-state index contributed by atoms with van der Waals surface area (Å²) in [6.07, 6.45) is 0. The zero-order chi connectivity index (χ0) is 75.5. The van der Waals surface area contributed by atoms with Gasteiger partial charge in [0, 0.05) is 76.6 Å². The third-order valence-electron chi connectivity index (χ3n) is 29.4. The van der Waals surface area contributed by atoms with Gasteiger partial charge in [-0.2, -0.15) is 0 Å². The van der Waals surface area contributed by atoms with Crippen LogP contribution in [0.15, 0.2) is 311 Å². The Labute approximate surface area is 659 Å². The topological polar surface area (TPSA) is 42.7 Å². The molecule has 0 saturated heterocycles. The highest BCUT2D eigenvalue weighted by molar-refractivity contribution is 6.22. The molecule has 0 saturated carbocycles. The Morgan fingerprint density at radius 1 is 0.202 bits per heavy atom. The summed E-state index contributed by atoms with van der Waals surface area (Å²) in [5, 5.41) is 7.04. The molecule has 19 aromatic rings. The van der Waals surface area contributed by atoms with Crippen LogP contribution in [0.5, 0.6) is 0 Å². The second-order valence-electron chi connectivity index (χ2n) is 35.9. The van der Waals surface area contributed by atoms with Gasteiger partial charge in [0.15, 0.2) is 0 Å². The molecule has 0 unspecified atom stereocenters. The van der Waals surface area contributed by atoms with Crippen molar-refractivity contribution < 1.29 is 13.3 Å². The fourth-order valence-electron chi connectivity index (χ4n) is 24.7. The molecular weight excluding hydrogens is 1380 g/mol. The number of nitrogens with zero attached hydrogens (tertiary/aromatic N) is 1. The average molecular weight is 1460 g/mol. The number of benzene rings is 16. The molecule has 8 aliphatic rings. The molecule has 27 rings (SSSR count). The van der Waals surface area contributed by atoms with E-state index in [4.69, 9.17) is 13.3 Å². The summed E-state index contributed by atoms with van der Waals surface area (Å²) in [4.78, 5) is 2.63. The monoisotopic (exact) mass is 1460 g/mol. The van der Waals surface area contributed by atoms with Gasteiger partial charge in [-0.15, -0.1) is 0 Å². The van der Waals surface area contributed by atoms with E-state index in [-0.39, 0.29) is 10.8 Å². The largest absolute Gasteiger partial charge is 0.456 e. The van der Waals surface area contributed by atoms with Gasteiger partial charge in [0.25, 0.3) is 0 Å². The average Bonchev–Trinajstić information content (AvgIpc) is 1.48. The van der Waals surface area contributed by atoms with Crippen LogP contribution in [0.2, 0.25) is 0 Å². The van der Waals surface area contributed by atoms with E-state index in [1.807, 2.05) is 0 Å². The number of hydrogen-bond acceptors (Lipinski definition) is 4. The van der Waals surface area contributed by atoms with Gasteiger partial charge < -0.3 is 18.2 Å². The maximum absolute atomic E-state index is 7.33. The molecule has 0 fully saturated rings. The van der Waals surface area contributed by atoms with Crippen LogP contribution in [0.1, 0.15) is 144 Å². The molecule has 16 aromatic carbocycles. The Balaban J connectivity index is 0.717. The summed E-state index contributed by atoms with van der Waals surface area (Å²) >= 11 is 0. The normalized spacial score (nSPS) is 16.5. The van der Waals surface area contributed by atoms with Gasteiger partial charge in [0.1, 0.15) is 33.5 Å². The Morgan fingerprint density at radius 3 is 1.11 bits per heavy atom. The lowest BCUT2D eigenvalue weighted by atomic mass is 9.68. The van der Waals surface area contributed by atoms with E-state index in [1.165, 1.54) is 194 Å². The van der Waals surface area contributed by atoms with Gasteiger partial charge in [-0.1, -0.05) is 262 Å². The van der Waals surface area contributed by atoms with Crippen LogP contribution < -0.4 is 4.90 Å². The molecular formula is C110H73NO3. The molecule has 0 N–H and O–H groups in total. The van der Waals surface area contributed by atoms with Crippen LogP contribution in [0.3, 0.4) is 0 Å². The number of anilines is 3. The molecule has 0 radical (unpaired) electrons. The van der Waals surface area contributed by atoms with E-state index in [0.29, 0.717) is 0 Å². The Hall–Kier alpha value is -13.3. The van der Waals surface area contributed by atoms with Crippen molar-refractivity contribution in [1.29, 1.82) is 0 Å². The molecule has 0 aliphatic heterocycles. The van der Waals surface area contributed by atoms with E-state index < -0.39 is 21.7 Å². The molecule has 0 amide bonds. The number of furan rings is 3. The lowest BCUT2D eigenvalue weighted by Crippen LogP contribution is -2.27. The number of para-hydroxylation sites is 3. The lowest BCUT2D eigenvalue weighted by Gasteiger charge is -2.33. The van der Waals surface area contributed by atoms with Crippen molar-refractivity contribution in [2.45, 2.75) is 87.9 Å². The van der Waals surface area contributed by atoms with Crippen molar-refractivity contribution in [3.8, 4) is 89.0 Å². The molecule has 2 spiro atoms. The van der Waals surface area contributed by atoms with Crippen molar-refractivity contribution in [3.63, 3.8) is 0 Å². The fraction of sp³-hybridized carbons (Fsp3) is 0.127. The van der Waals surface area contributed by atoms with Crippen molar-refractivity contribution in [1.82, 2.24) is 0 Å². The Bertz CT molecular complexity index is 7730. The molecule has 3 aromatic heterocycles. The van der Waals surface area contributed by atoms with Crippen LogP contribution in [0.4, 0.5) is 17.1 Å². The van der Waals surface area contributed by atoms with Crippen molar-refractivity contribution in [3.05, 3.63) is 386 Å². The first-order chi connectivity index (χ1) is 55.6. The number of rotatable bonds is 3. The maximum atomic E-state index is 7.33. The predicted molar refractivity (Wildman–Crippen MR) is 466 cm³/mol. The first-order valence-electron chi connectivity index (χ1n) is 40.6. The second-order valence-corrected chi connectivity index (χ2v) is 35.9. The van der Waals surface area contributed by atoms with Crippen LogP contribution in [-0.4, -0.2) is 0 Å². The number of hydrogen-bond donors (Lipinski definition) is 0. The molecule has 3 heterocycles. The molecule has 0 atom stereocenters. The Kier molecular flexibility index (Phi) is 11.1. The summed E-state index contributed by atoms with van der Waals surface area (Å²) in [6, 6.07) is 114. The van der Waals surface area contributed by atoms with Crippen LogP contribution in [0.25, 0.3) is 155 Å². The summed E-state index contributed by atoms with van der Waals surface area (Å²) in [7, 11) is 0. The molecule has 536 valence electrons. The summed E-state index contributed by atoms with van der Waals surface area (Å²) in [5.74, 6) is 0. The third kappa shape index (κ3) is 6.97. The van der Waals surface area contributed by atoms with Crippen LogP contribution >= 0.6 is 0 Å². The first-order valence-corrected chi connectivity index (χ1v) is 40.6. The quantitative estimate of drug-likeness (QED) is 0.177. The highest BCUT2D eigenvalue weighted by atomic mass is 16.3. The van der Waals surface area contributed by atoms with Gasteiger partial charge in [0.05, 0.1) is 10.8 Å². The van der Waals surface area contributed by atoms with E-state index >= 15 is 0 Å². The van der Waals surface area contributed by atoms with E-state index in [0.717, 1.165) is 66.7 Å². The van der Waals surface area contributed by atoms with E-state index in [1.54, 1.807) is 0 Å². The summed E-state index contributed by atoms with van der Waals surface area (Å²) in [5.41, 5.74) is 47.7. The molecule has 4 nitrogen and oxygen atoms in total. The molecule has 0 bridgehead atoms. The van der Waals surface area contributed by atoms with Crippen molar-refractivity contribution in [2.24, 2.45) is 0 Å². The number of fused-ring (bicyclic) bond motifs is 46. The minimum Gasteiger partial charge on any atom is -0.456 e. The highest BCUT2D eigenvalue weighted by Gasteiger charge is 2.58. The smallest absolute Gasteiger partial charge is 0.144 e. The molecule has 4 heteroatoms. The molecule has 114 heavy (non-hydrogen) atoms. The fourth-order valence-corrected chi connectivity index (χ4v) is 24.7. The van der Waals surface area contributed by atoms with Crippen LogP contribution in [0, 0.1) is 0 Å². The summed E-state index contributed by atoms with van der Waals surface area (Å²) < 4.78 is 20.9. The van der Waals surface area contributed by atoms with Crippen LogP contribution in [-0.2, 0) is 32.5 Å². The zero-order valence-electron chi connectivity index (χ0n) is 64.5. The lowest BCUT2D eigenvalue weighted by molar-refractivity contribution is 0.600. The second kappa shape index (κ2) is 20.3. The summed E-state index contributed by atoms with van der Waals surface area (Å²) in [6.45, 7) is 19.6. The SMILES string of the molecule is CC1(C)c2cc(N(c3ccc4c(c3)C(C)(C)c3c5c(c6c(oc7ccccc76)c3-4)-c3ccccc3C5(C)C)c3ccc4c(c3)C3(c5ccccc5-c5ccccc53)c3cc5c(cc3-4)C3(c4ccccc4-c4ccccc43)c3ccc4oc6ccccc6c4c3-5)ccc2-c2cc3c(cc21)-c1c(ccc2oc4ccccc4c12)C3(C)C. The third-order valence-corrected chi connectivity index (χ3v) is 29.4. The Morgan fingerprint density at radius 2 is 0.535 bits per heavy atom. The van der Waals surface area contributed by atoms with Gasteiger partial charge in [-0.3, -0.25) is 0 Å². The minimum atomic E-state index is -0.741. The van der Waals surface area contributed by atoms with E-state index in [9.17, 15) is 0 Å². The predicted octanol–water partition coefficient (Wildman–Crippen LogP) is 28.8. The minimum absolute atomic E-state index is 0.252. The van der Waals surface area contributed by atoms with Gasteiger partial charge in [-0.25, -0.2) is 0 Å². The van der Waals surface area contributed by atoms with Gasteiger partial charge in [-0.05, 0) is 263 Å². The standard InChI is InChI=1S/C110H73NO3/c1-105(2)81-47-49-93-97(69-30-14-22-38-90(69)112-93)95(81)74-56-85-72(54-86(74)105)65-44-41-58(51-83(65)106(85,3)4)111(59-43-46-68-84(52-59)108(7,8)103-101(68)104-100(71-32-16-24-40-92(71)114-104)99-67-29-13-17-33-76(67)107(5,6)102(99)103)60-42-45-66-73-55-89-75(57-88(73)110(87(66)53-60)79-36-20-11-27-63(79)64-28-12-21-37-80(64)110)96-82(48-50-94-98(96)70-31-15-23-39-91(70)113-94)109(89)77-34-18-9-25-61(77)62-26-10-19-35-78(62)109/h9-57H,1-8H3. The zero-order valence-corrected chi connectivity index (χ0v) is 64.5. The van der Waals surface area contributed by atoms with Crippen molar-refractivity contribution in [2.75, 3.05) is 4.90 Å². The van der Waals surface area contributed by atoms with Crippen molar-refractivity contribution >= 4 is 82.9 Å². The highest BCUT2D eigenvalue weighted by Crippen LogP contribution is 2.71.